The third-order valence-corrected chi connectivity index (χ3v) is 4.76. The molecule has 0 atom stereocenters. The van der Waals surface area contributed by atoms with Gasteiger partial charge in [0.2, 0.25) is 5.91 Å². The molecule has 2 aromatic rings. The summed E-state index contributed by atoms with van der Waals surface area (Å²) >= 11 is 5.08. The summed E-state index contributed by atoms with van der Waals surface area (Å²) in [4.78, 5) is 36.6. The quantitative estimate of drug-likeness (QED) is 0.273. The van der Waals surface area contributed by atoms with Gasteiger partial charge in [-0.1, -0.05) is 12.1 Å². The van der Waals surface area contributed by atoms with Crippen LogP contribution in [0.25, 0.3) is 0 Å². The fraction of sp³-hybridized carbons (Fsp3) is 0.273. The number of methoxy groups -OCH3 is 1. The van der Waals surface area contributed by atoms with E-state index in [0.717, 1.165) is 12.8 Å². The molecule has 0 unspecified atom stereocenters. The normalized spacial score (nSPS) is 12.4. The van der Waals surface area contributed by atoms with Crippen LogP contribution in [0, 0.1) is 5.92 Å². The summed E-state index contributed by atoms with van der Waals surface area (Å²) in [6.07, 6.45) is 1.84. The van der Waals surface area contributed by atoms with E-state index in [1.807, 2.05) is 0 Å². The monoisotopic (exact) mass is 456 g/mol. The maximum atomic E-state index is 12.5. The third kappa shape index (κ3) is 6.76. The van der Waals surface area contributed by atoms with Crippen molar-refractivity contribution < 1.29 is 23.9 Å². The second-order valence-corrected chi connectivity index (χ2v) is 7.45. The van der Waals surface area contributed by atoms with Gasteiger partial charge in [0.25, 0.3) is 11.8 Å². The number of hydrogen-bond donors (Lipinski definition) is 4. The number of carbonyl (C=O) groups excluding carboxylic acids is 3. The van der Waals surface area contributed by atoms with Gasteiger partial charge in [-0.15, -0.1) is 0 Å². The van der Waals surface area contributed by atoms with Crippen LogP contribution in [0.2, 0.25) is 0 Å². The molecule has 0 heterocycles. The number of para-hydroxylation sites is 1. The molecule has 2 aromatic carbocycles. The largest absolute Gasteiger partial charge is 0.490 e. The van der Waals surface area contributed by atoms with E-state index in [-0.39, 0.29) is 16.9 Å². The molecule has 0 aromatic heterocycles. The van der Waals surface area contributed by atoms with E-state index >= 15 is 0 Å². The number of nitrogens with one attached hydrogen (secondary N) is 4. The van der Waals surface area contributed by atoms with Crippen molar-refractivity contribution in [1.29, 1.82) is 0 Å². The van der Waals surface area contributed by atoms with Crippen LogP contribution in [0.15, 0.2) is 48.5 Å². The second-order valence-electron chi connectivity index (χ2n) is 7.04. The topological polar surface area (TPSA) is 118 Å². The Morgan fingerprint density at radius 2 is 1.69 bits per heavy atom. The van der Waals surface area contributed by atoms with E-state index in [1.165, 1.54) is 0 Å². The van der Waals surface area contributed by atoms with Crippen LogP contribution in [0.3, 0.4) is 0 Å². The van der Waals surface area contributed by atoms with Gasteiger partial charge >= 0.3 is 0 Å². The van der Waals surface area contributed by atoms with E-state index in [0.29, 0.717) is 35.8 Å². The van der Waals surface area contributed by atoms with Gasteiger partial charge in [0, 0.05) is 24.3 Å². The standard InChI is InChI=1S/C22H24N4O5S/c1-30-12-13-31-18-5-3-2-4-17(18)21(29)24-22(32)26-25-20(28)15-8-10-16(11-9-15)23-19(27)14-6-7-14/h2-5,8-11,14H,6-7,12-13H2,1H3,(H,23,27)(H,25,28)(H2,24,26,29,32). The minimum Gasteiger partial charge on any atom is -0.490 e. The van der Waals surface area contributed by atoms with Gasteiger partial charge in [-0.05, 0) is 61.5 Å². The molecule has 10 heteroatoms. The molecule has 0 aliphatic heterocycles. The molecule has 168 valence electrons. The van der Waals surface area contributed by atoms with E-state index in [9.17, 15) is 14.4 Å². The van der Waals surface area contributed by atoms with Crippen molar-refractivity contribution in [2.75, 3.05) is 25.6 Å². The zero-order chi connectivity index (χ0) is 22.9. The molecular formula is C22H24N4O5S. The minimum atomic E-state index is -0.486. The molecule has 0 spiro atoms. The first kappa shape index (κ1) is 23.2. The molecule has 0 saturated heterocycles. The first-order valence-corrected chi connectivity index (χ1v) is 10.4. The molecule has 1 fully saturated rings. The Labute approximate surface area is 190 Å². The average molecular weight is 457 g/mol. The van der Waals surface area contributed by atoms with Gasteiger partial charge in [0.1, 0.15) is 12.4 Å². The first-order chi connectivity index (χ1) is 15.5. The predicted molar refractivity (Wildman–Crippen MR) is 122 cm³/mol. The fourth-order valence-electron chi connectivity index (χ4n) is 2.70. The van der Waals surface area contributed by atoms with Gasteiger partial charge < -0.3 is 14.8 Å². The Balaban J connectivity index is 1.47. The molecule has 4 N–H and O–H groups in total. The summed E-state index contributed by atoms with van der Waals surface area (Å²) in [5.41, 5.74) is 6.19. The lowest BCUT2D eigenvalue weighted by molar-refractivity contribution is -0.117. The molecule has 9 nitrogen and oxygen atoms in total. The lowest BCUT2D eigenvalue weighted by Gasteiger charge is -2.13. The van der Waals surface area contributed by atoms with E-state index in [2.05, 4.69) is 21.5 Å². The maximum absolute atomic E-state index is 12.5. The van der Waals surface area contributed by atoms with Gasteiger partial charge in [0.15, 0.2) is 5.11 Å². The maximum Gasteiger partial charge on any atom is 0.269 e. The van der Waals surface area contributed by atoms with Crippen molar-refractivity contribution >= 4 is 40.7 Å². The van der Waals surface area contributed by atoms with Crippen molar-refractivity contribution in [2.24, 2.45) is 5.92 Å². The van der Waals surface area contributed by atoms with Crippen LogP contribution < -0.4 is 26.2 Å². The van der Waals surface area contributed by atoms with Crippen LogP contribution in [0.1, 0.15) is 33.6 Å². The van der Waals surface area contributed by atoms with Crippen molar-refractivity contribution in [3.05, 3.63) is 59.7 Å². The predicted octanol–water partition coefficient (Wildman–Crippen LogP) is 2.01. The van der Waals surface area contributed by atoms with Gasteiger partial charge in [-0.2, -0.15) is 0 Å². The highest BCUT2D eigenvalue weighted by molar-refractivity contribution is 7.80. The number of thiocarbonyl (C=S) groups is 1. The van der Waals surface area contributed by atoms with E-state index < -0.39 is 11.8 Å². The van der Waals surface area contributed by atoms with Gasteiger partial charge in [-0.3, -0.25) is 30.6 Å². The van der Waals surface area contributed by atoms with Gasteiger partial charge in [0.05, 0.1) is 12.2 Å². The summed E-state index contributed by atoms with van der Waals surface area (Å²) in [5, 5.41) is 5.21. The molecule has 0 bridgehead atoms. The van der Waals surface area contributed by atoms with E-state index in [1.54, 1.807) is 55.6 Å². The van der Waals surface area contributed by atoms with Crippen LogP contribution in [-0.2, 0) is 9.53 Å². The van der Waals surface area contributed by atoms with Crippen LogP contribution in [-0.4, -0.2) is 43.2 Å². The number of rotatable bonds is 8. The fourth-order valence-corrected chi connectivity index (χ4v) is 2.84. The number of benzene rings is 2. The number of hydrazine groups is 1. The summed E-state index contributed by atoms with van der Waals surface area (Å²) < 4.78 is 10.5. The SMILES string of the molecule is COCCOc1ccccc1C(=O)NC(=S)NNC(=O)c1ccc(NC(=O)C2CC2)cc1. The minimum absolute atomic E-state index is 0.00405. The van der Waals surface area contributed by atoms with Crippen molar-refractivity contribution in [2.45, 2.75) is 12.8 Å². The highest BCUT2D eigenvalue weighted by Crippen LogP contribution is 2.30. The summed E-state index contributed by atoms with van der Waals surface area (Å²) in [5.74, 6) is -0.453. The van der Waals surface area contributed by atoms with Crippen molar-refractivity contribution in [3.8, 4) is 5.75 Å². The second kappa shape index (κ2) is 11.2. The Hall–Kier alpha value is -3.50. The zero-order valence-corrected chi connectivity index (χ0v) is 18.3. The van der Waals surface area contributed by atoms with Crippen LogP contribution in [0.5, 0.6) is 5.75 Å². The number of amides is 3. The molecule has 1 aliphatic carbocycles. The van der Waals surface area contributed by atoms with Crippen LogP contribution >= 0.6 is 12.2 Å². The molecular weight excluding hydrogens is 432 g/mol. The molecule has 1 aliphatic rings. The Morgan fingerprint density at radius 1 is 0.969 bits per heavy atom. The van der Waals surface area contributed by atoms with Crippen molar-refractivity contribution in [3.63, 3.8) is 0 Å². The third-order valence-electron chi connectivity index (χ3n) is 4.56. The van der Waals surface area contributed by atoms with Crippen LogP contribution in [0.4, 0.5) is 5.69 Å². The number of carbonyl (C=O) groups is 3. The summed E-state index contributed by atoms with van der Waals surface area (Å²) in [7, 11) is 1.56. The Bertz CT molecular complexity index is 992. The Kier molecular flexibility index (Phi) is 8.12. The molecule has 0 radical (unpaired) electrons. The summed E-state index contributed by atoms with van der Waals surface area (Å²) in [6.45, 7) is 0.679. The number of hydrogen-bond acceptors (Lipinski definition) is 6. The van der Waals surface area contributed by atoms with Crippen molar-refractivity contribution in [1.82, 2.24) is 16.2 Å². The number of anilines is 1. The highest BCUT2D eigenvalue weighted by atomic mass is 32.1. The lowest BCUT2D eigenvalue weighted by atomic mass is 10.2. The van der Waals surface area contributed by atoms with E-state index in [4.69, 9.17) is 21.7 Å². The molecule has 3 rings (SSSR count). The number of ether oxygens (including phenoxy) is 2. The smallest absolute Gasteiger partial charge is 0.269 e. The van der Waals surface area contributed by atoms with Gasteiger partial charge in [-0.25, -0.2) is 0 Å². The highest BCUT2D eigenvalue weighted by Gasteiger charge is 2.29. The first-order valence-electron chi connectivity index (χ1n) is 10.0. The molecule has 1 saturated carbocycles. The molecule has 3 amide bonds. The molecule has 32 heavy (non-hydrogen) atoms. The zero-order valence-electron chi connectivity index (χ0n) is 17.5. The lowest BCUT2D eigenvalue weighted by Crippen LogP contribution is -2.48. The Morgan fingerprint density at radius 3 is 2.38 bits per heavy atom. The summed E-state index contributed by atoms with van der Waals surface area (Å²) in [6, 6.07) is 13.2. The average Bonchev–Trinajstić information content (AvgIpc) is 3.64.